The molecule has 0 spiro atoms. The molecule has 0 unspecified atom stereocenters. The van der Waals surface area contributed by atoms with Crippen LogP contribution in [-0.2, 0) is 17.8 Å². The lowest BCUT2D eigenvalue weighted by Crippen LogP contribution is -2.23. The Labute approximate surface area is 119 Å². The van der Waals surface area contributed by atoms with Crippen molar-refractivity contribution in [2.24, 2.45) is 0 Å². The number of aliphatic hydroxyl groups excluding tert-OH is 1. The SMILES string of the molecule is O=C(Cc1ccsc1)NCc1cc(C#CCO)cs1. The number of nitrogens with one attached hydrogen (secondary N) is 1. The van der Waals surface area contributed by atoms with Gasteiger partial charge in [-0.3, -0.25) is 4.79 Å². The highest BCUT2D eigenvalue weighted by atomic mass is 32.1. The summed E-state index contributed by atoms with van der Waals surface area (Å²) in [5, 5.41) is 17.4. The summed E-state index contributed by atoms with van der Waals surface area (Å²) in [4.78, 5) is 12.8. The van der Waals surface area contributed by atoms with E-state index in [1.54, 1.807) is 22.7 Å². The van der Waals surface area contributed by atoms with Gasteiger partial charge in [-0.05, 0) is 28.5 Å². The van der Waals surface area contributed by atoms with Crippen molar-refractivity contribution in [1.29, 1.82) is 0 Å². The molecule has 2 aromatic heterocycles. The molecule has 0 bridgehead atoms. The van der Waals surface area contributed by atoms with Crippen molar-refractivity contribution in [1.82, 2.24) is 5.32 Å². The predicted molar refractivity (Wildman–Crippen MR) is 78.2 cm³/mol. The number of hydrogen-bond acceptors (Lipinski definition) is 4. The second-order valence-electron chi connectivity index (χ2n) is 3.85. The molecule has 2 heterocycles. The monoisotopic (exact) mass is 291 g/mol. The van der Waals surface area contributed by atoms with Crippen molar-refractivity contribution in [2.75, 3.05) is 6.61 Å². The van der Waals surface area contributed by atoms with Crippen LogP contribution in [0.25, 0.3) is 0 Å². The Kier molecular flexibility index (Phi) is 5.16. The van der Waals surface area contributed by atoms with Gasteiger partial charge in [-0.2, -0.15) is 11.3 Å². The second kappa shape index (κ2) is 7.10. The van der Waals surface area contributed by atoms with Crippen LogP contribution in [0, 0.1) is 11.8 Å². The first-order valence-corrected chi connectivity index (χ1v) is 7.55. The van der Waals surface area contributed by atoms with Gasteiger partial charge in [-0.1, -0.05) is 11.8 Å². The lowest BCUT2D eigenvalue weighted by molar-refractivity contribution is -0.120. The van der Waals surface area contributed by atoms with Crippen molar-refractivity contribution in [2.45, 2.75) is 13.0 Å². The summed E-state index contributed by atoms with van der Waals surface area (Å²) in [6.07, 6.45) is 0.423. The molecule has 5 heteroatoms. The molecule has 0 saturated heterocycles. The van der Waals surface area contributed by atoms with Gasteiger partial charge in [-0.25, -0.2) is 0 Å². The minimum Gasteiger partial charge on any atom is -0.384 e. The molecule has 0 fully saturated rings. The molecular formula is C14H13NO2S2. The molecule has 2 aromatic rings. The van der Waals surface area contributed by atoms with Crippen LogP contribution < -0.4 is 5.32 Å². The number of aliphatic hydroxyl groups is 1. The van der Waals surface area contributed by atoms with Gasteiger partial charge in [0.2, 0.25) is 5.91 Å². The number of amides is 1. The molecule has 3 nitrogen and oxygen atoms in total. The average molecular weight is 291 g/mol. The van der Waals surface area contributed by atoms with Gasteiger partial charge in [0, 0.05) is 15.8 Å². The Hall–Kier alpha value is -1.61. The van der Waals surface area contributed by atoms with Crippen molar-refractivity contribution < 1.29 is 9.90 Å². The molecule has 0 atom stereocenters. The Morgan fingerprint density at radius 1 is 1.42 bits per heavy atom. The van der Waals surface area contributed by atoms with Gasteiger partial charge >= 0.3 is 0 Å². The van der Waals surface area contributed by atoms with Gasteiger partial charge in [-0.15, -0.1) is 11.3 Å². The average Bonchev–Trinajstić information content (AvgIpc) is 3.05. The number of carbonyl (C=O) groups excluding carboxylic acids is 1. The zero-order chi connectivity index (χ0) is 13.5. The van der Waals surface area contributed by atoms with Gasteiger partial charge in [0.15, 0.2) is 0 Å². The molecular weight excluding hydrogens is 278 g/mol. The minimum atomic E-state index is -0.136. The summed E-state index contributed by atoms with van der Waals surface area (Å²) in [5.74, 6) is 5.46. The van der Waals surface area contributed by atoms with Crippen molar-refractivity contribution in [3.8, 4) is 11.8 Å². The van der Waals surface area contributed by atoms with E-state index in [-0.39, 0.29) is 12.5 Å². The maximum absolute atomic E-state index is 11.7. The third kappa shape index (κ3) is 4.52. The quantitative estimate of drug-likeness (QED) is 0.847. The van der Waals surface area contributed by atoms with Crippen LogP contribution in [0.15, 0.2) is 28.3 Å². The minimum absolute atomic E-state index is 0.0230. The highest BCUT2D eigenvalue weighted by Crippen LogP contribution is 2.13. The van der Waals surface area contributed by atoms with Crippen molar-refractivity contribution >= 4 is 28.6 Å². The molecule has 19 heavy (non-hydrogen) atoms. The van der Waals surface area contributed by atoms with Crippen LogP contribution in [0.5, 0.6) is 0 Å². The fourth-order valence-corrected chi connectivity index (χ4v) is 2.93. The molecule has 1 amide bonds. The molecule has 2 rings (SSSR count). The number of carbonyl (C=O) groups is 1. The van der Waals surface area contributed by atoms with Crippen LogP contribution in [0.1, 0.15) is 16.0 Å². The standard InChI is InChI=1S/C14H13NO2S2/c16-4-1-2-11-6-13(19-10-11)8-15-14(17)7-12-3-5-18-9-12/h3,5-6,9-10,16H,4,7-8H2,(H,15,17). The summed E-state index contributed by atoms with van der Waals surface area (Å²) in [6, 6.07) is 3.89. The summed E-state index contributed by atoms with van der Waals surface area (Å²) < 4.78 is 0. The topological polar surface area (TPSA) is 49.3 Å². The smallest absolute Gasteiger partial charge is 0.224 e. The van der Waals surface area contributed by atoms with E-state index in [4.69, 9.17) is 5.11 Å². The lowest BCUT2D eigenvalue weighted by atomic mass is 10.2. The van der Waals surface area contributed by atoms with Gasteiger partial charge in [0.05, 0.1) is 13.0 Å². The largest absolute Gasteiger partial charge is 0.384 e. The van der Waals surface area contributed by atoms with Gasteiger partial charge in [0.1, 0.15) is 6.61 Å². The molecule has 0 aromatic carbocycles. The van der Waals surface area contributed by atoms with E-state index in [0.29, 0.717) is 13.0 Å². The summed E-state index contributed by atoms with van der Waals surface area (Å²) in [7, 11) is 0. The van der Waals surface area contributed by atoms with E-state index >= 15 is 0 Å². The third-order valence-corrected chi connectivity index (χ3v) is 4.04. The number of hydrogen-bond donors (Lipinski definition) is 2. The lowest BCUT2D eigenvalue weighted by Gasteiger charge is -2.01. The fourth-order valence-electron chi connectivity index (χ4n) is 1.51. The molecule has 0 aliphatic rings. The van der Waals surface area contributed by atoms with E-state index in [9.17, 15) is 4.79 Å². The van der Waals surface area contributed by atoms with E-state index < -0.39 is 0 Å². The maximum Gasteiger partial charge on any atom is 0.224 e. The summed E-state index contributed by atoms with van der Waals surface area (Å²) >= 11 is 3.15. The van der Waals surface area contributed by atoms with E-state index in [0.717, 1.165) is 16.0 Å². The van der Waals surface area contributed by atoms with Crippen molar-refractivity contribution in [3.63, 3.8) is 0 Å². The van der Waals surface area contributed by atoms with Crippen LogP contribution in [0.4, 0.5) is 0 Å². The first-order chi connectivity index (χ1) is 9.28. The Balaban J connectivity index is 1.81. The van der Waals surface area contributed by atoms with Crippen LogP contribution in [0.2, 0.25) is 0 Å². The zero-order valence-corrected chi connectivity index (χ0v) is 11.8. The maximum atomic E-state index is 11.7. The Morgan fingerprint density at radius 3 is 3.05 bits per heavy atom. The fraction of sp³-hybridized carbons (Fsp3) is 0.214. The summed E-state index contributed by atoms with van der Waals surface area (Å²) in [5.41, 5.74) is 1.92. The van der Waals surface area contributed by atoms with E-state index in [1.165, 1.54) is 0 Å². The first kappa shape index (κ1) is 13.8. The van der Waals surface area contributed by atoms with Crippen LogP contribution >= 0.6 is 22.7 Å². The summed E-state index contributed by atoms with van der Waals surface area (Å²) in [6.45, 7) is 0.386. The normalized spacial score (nSPS) is 9.74. The molecule has 0 saturated carbocycles. The molecule has 2 N–H and O–H groups in total. The van der Waals surface area contributed by atoms with E-state index in [1.807, 2.05) is 28.3 Å². The Morgan fingerprint density at radius 2 is 2.32 bits per heavy atom. The van der Waals surface area contributed by atoms with E-state index in [2.05, 4.69) is 17.2 Å². The zero-order valence-electron chi connectivity index (χ0n) is 10.2. The van der Waals surface area contributed by atoms with Crippen LogP contribution in [0.3, 0.4) is 0 Å². The van der Waals surface area contributed by atoms with Gasteiger partial charge in [0.25, 0.3) is 0 Å². The highest BCUT2D eigenvalue weighted by Gasteiger charge is 2.04. The molecule has 0 aliphatic carbocycles. The second-order valence-corrected chi connectivity index (χ2v) is 5.62. The molecule has 98 valence electrons. The number of rotatable bonds is 4. The van der Waals surface area contributed by atoms with Gasteiger partial charge < -0.3 is 10.4 Å². The van der Waals surface area contributed by atoms with Crippen molar-refractivity contribution in [3.05, 3.63) is 44.3 Å². The first-order valence-electron chi connectivity index (χ1n) is 5.73. The predicted octanol–water partition coefficient (Wildman–Crippen LogP) is 2.01. The van der Waals surface area contributed by atoms with Crippen LogP contribution in [-0.4, -0.2) is 17.6 Å². The molecule has 0 radical (unpaired) electrons. The Bertz CT molecular complexity index is 590. The molecule has 0 aliphatic heterocycles. The highest BCUT2D eigenvalue weighted by molar-refractivity contribution is 7.10. The number of thiophene rings is 2. The third-order valence-electron chi connectivity index (χ3n) is 2.37.